The summed E-state index contributed by atoms with van der Waals surface area (Å²) in [4.78, 5) is 0. The predicted octanol–water partition coefficient (Wildman–Crippen LogP) is 2.67. The Morgan fingerprint density at radius 1 is 1.30 bits per heavy atom. The van der Waals surface area contributed by atoms with Gasteiger partial charge in [0.1, 0.15) is 0 Å². The molecule has 0 spiro atoms. The maximum Gasteiger partial charge on any atom is 0.195 e. The highest BCUT2D eigenvalue weighted by molar-refractivity contribution is 9.10. The van der Waals surface area contributed by atoms with Crippen LogP contribution in [-0.4, -0.2) is 0 Å². The molecule has 4 heteroatoms. The fraction of sp³-hybridized carbons (Fsp3) is 0. The van der Waals surface area contributed by atoms with Gasteiger partial charge in [-0.2, -0.15) is 0 Å². The average molecular weight is 210 g/mol. The van der Waals surface area contributed by atoms with E-state index in [-0.39, 0.29) is 4.47 Å². The summed E-state index contributed by atoms with van der Waals surface area (Å²) in [6.45, 7) is 0. The van der Waals surface area contributed by atoms with E-state index in [9.17, 15) is 13.2 Å². The molecule has 0 N–H and O–H groups in total. The van der Waals surface area contributed by atoms with Crippen LogP contribution in [0.2, 0.25) is 0 Å². The molecule has 0 fully saturated rings. The van der Waals surface area contributed by atoms with E-state index >= 15 is 0 Å². The third-order valence-electron chi connectivity index (χ3n) is 0.885. The van der Waals surface area contributed by atoms with E-state index < -0.39 is 17.5 Å². The van der Waals surface area contributed by atoms with Crippen molar-refractivity contribution in [3.05, 3.63) is 34.1 Å². The summed E-state index contributed by atoms with van der Waals surface area (Å²) in [5, 5.41) is 0. The van der Waals surface area contributed by atoms with Gasteiger partial charge in [0.05, 0.1) is 0 Å². The SMILES string of the molecule is Fc1[c]c(Br)cc(F)c1F. The van der Waals surface area contributed by atoms with E-state index in [2.05, 4.69) is 15.9 Å². The monoisotopic (exact) mass is 209 g/mol. The standard InChI is InChI=1S/C6HBrF3/c7-3-1-4(8)6(10)5(9)2-3/h1H. The highest BCUT2D eigenvalue weighted by atomic mass is 79.9. The largest absolute Gasteiger partial charge is 0.204 e. The lowest BCUT2D eigenvalue weighted by atomic mass is 10.3. The molecular weight excluding hydrogens is 209 g/mol. The van der Waals surface area contributed by atoms with Gasteiger partial charge in [-0.05, 0) is 22.0 Å². The zero-order valence-electron chi connectivity index (χ0n) is 4.59. The summed E-state index contributed by atoms with van der Waals surface area (Å²) in [7, 11) is 0. The van der Waals surface area contributed by atoms with Gasteiger partial charge in [-0.1, -0.05) is 0 Å². The van der Waals surface area contributed by atoms with Crippen LogP contribution in [-0.2, 0) is 0 Å². The third kappa shape index (κ3) is 1.31. The van der Waals surface area contributed by atoms with E-state index in [1.54, 1.807) is 0 Å². The molecule has 0 aliphatic rings. The molecule has 0 aliphatic carbocycles. The van der Waals surface area contributed by atoms with Gasteiger partial charge in [0.25, 0.3) is 0 Å². The summed E-state index contributed by atoms with van der Waals surface area (Å²) in [6.07, 6.45) is 0. The summed E-state index contributed by atoms with van der Waals surface area (Å²) in [5.74, 6) is -4.03. The number of benzene rings is 1. The molecule has 53 valence electrons. The maximum atomic E-state index is 12.2. The average Bonchev–Trinajstić information content (AvgIpc) is 1.82. The Morgan fingerprint density at radius 3 is 2.40 bits per heavy atom. The second-order valence-corrected chi connectivity index (χ2v) is 2.45. The number of rotatable bonds is 0. The first kappa shape index (κ1) is 7.60. The van der Waals surface area contributed by atoms with Crippen LogP contribution in [0.5, 0.6) is 0 Å². The van der Waals surface area contributed by atoms with Crippen molar-refractivity contribution in [3.63, 3.8) is 0 Å². The maximum absolute atomic E-state index is 12.2. The minimum Gasteiger partial charge on any atom is -0.204 e. The zero-order valence-corrected chi connectivity index (χ0v) is 6.18. The van der Waals surface area contributed by atoms with Crippen molar-refractivity contribution in [1.82, 2.24) is 0 Å². The Kier molecular flexibility index (Phi) is 1.99. The van der Waals surface area contributed by atoms with Crippen LogP contribution in [0.1, 0.15) is 0 Å². The van der Waals surface area contributed by atoms with Gasteiger partial charge in [0, 0.05) is 10.5 Å². The van der Waals surface area contributed by atoms with Crippen LogP contribution in [0.25, 0.3) is 0 Å². The Hall–Kier alpha value is -0.510. The molecule has 1 rings (SSSR count). The molecule has 0 amide bonds. The summed E-state index contributed by atoms with van der Waals surface area (Å²) in [6, 6.07) is 2.72. The molecule has 0 nitrogen and oxygen atoms in total. The molecule has 0 unspecified atom stereocenters. The fourth-order valence-electron chi connectivity index (χ4n) is 0.475. The fourth-order valence-corrected chi connectivity index (χ4v) is 0.850. The van der Waals surface area contributed by atoms with Crippen LogP contribution in [0, 0.1) is 23.5 Å². The van der Waals surface area contributed by atoms with Crippen molar-refractivity contribution >= 4 is 15.9 Å². The Bertz CT molecular complexity index is 236. The third-order valence-corrected chi connectivity index (χ3v) is 1.31. The molecule has 0 atom stereocenters. The van der Waals surface area contributed by atoms with E-state index in [1.165, 1.54) is 0 Å². The Morgan fingerprint density at radius 2 is 1.90 bits per heavy atom. The van der Waals surface area contributed by atoms with Gasteiger partial charge in [0.2, 0.25) is 0 Å². The predicted molar refractivity (Wildman–Crippen MR) is 32.9 cm³/mol. The van der Waals surface area contributed by atoms with Crippen molar-refractivity contribution in [2.24, 2.45) is 0 Å². The van der Waals surface area contributed by atoms with Crippen molar-refractivity contribution in [2.45, 2.75) is 0 Å². The van der Waals surface area contributed by atoms with Gasteiger partial charge < -0.3 is 0 Å². The zero-order chi connectivity index (χ0) is 7.72. The summed E-state index contributed by atoms with van der Waals surface area (Å²) >= 11 is 2.74. The van der Waals surface area contributed by atoms with Crippen molar-refractivity contribution in [2.75, 3.05) is 0 Å². The molecule has 0 aliphatic heterocycles. The van der Waals surface area contributed by atoms with Gasteiger partial charge in [0.15, 0.2) is 17.5 Å². The molecule has 1 aromatic carbocycles. The molecule has 0 saturated carbocycles. The number of hydrogen-bond acceptors (Lipinski definition) is 0. The van der Waals surface area contributed by atoms with Gasteiger partial charge in [-0.15, -0.1) is 0 Å². The highest BCUT2D eigenvalue weighted by Gasteiger charge is 2.08. The van der Waals surface area contributed by atoms with E-state index in [1.807, 2.05) is 6.07 Å². The molecular formula is C6HBrF3. The summed E-state index contributed by atoms with van der Waals surface area (Å²) < 4.78 is 36.5. The van der Waals surface area contributed by atoms with E-state index in [0.717, 1.165) is 6.07 Å². The van der Waals surface area contributed by atoms with E-state index in [0.29, 0.717) is 0 Å². The molecule has 0 aromatic heterocycles. The smallest absolute Gasteiger partial charge is 0.195 e. The van der Waals surface area contributed by atoms with E-state index in [4.69, 9.17) is 0 Å². The Balaban J connectivity index is 3.31. The molecule has 1 radical (unpaired) electrons. The summed E-state index contributed by atoms with van der Waals surface area (Å²) in [5.41, 5.74) is 0. The molecule has 0 heterocycles. The molecule has 10 heavy (non-hydrogen) atoms. The van der Waals surface area contributed by atoms with Crippen molar-refractivity contribution in [3.8, 4) is 0 Å². The first-order chi connectivity index (χ1) is 4.61. The van der Waals surface area contributed by atoms with Crippen LogP contribution < -0.4 is 0 Å². The van der Waals surface area contributed by atoms with Crippen molar-refractivity contribution in [1.29, 1.82) is 0 Å². The molecule has 1 aromatic rings. The molecule has 0 bridgehead atoms. The molecule has 0 saturated heterocycles. The second kappa shape index (κ2) is 2.62. The van der Waals surface area contributed by atoms with Gasteiger partial charge in [-0.25, -0.2) is 13.2 Å². The first-order valence-corrected chi connectivity index (χ1v) is 3.13. The van der Waals surface area contributed by atoms with Crippen molar-refractivity contribution < 1.29 is 13.2 Å². The van der Waals surface area contributed by atoms with Crippen LogP contribution >= 0.6 is 15.9 Å². The first-order valence-electron chi connectivity index (χ1n) is 2.33. The Labute approximate surface area is 63.8 Å². The number of halogens is 4. The lowest BCUT2D eigenvalue weighted by Crippen LogP contribution is -1.89. The normalized spacial score (nSPS) is 10.0. The van der Waals surface area contributed by atoms with Crippen LogP contribution in [0.15, 0.2) is 10.5 Å². The number of hydrogen-bond donors (Lipinski definition) is 0. The quantitative estimate of drug-likeness (QED) is 0.456. The minimum atomic E-state index is -1.50. The van der Waals surface area contributed by atoms with Crippen LogP contribution in [0.4, 0.5) is 13.2 Å². The second-order valence-electron chi connectivity index (χ2n) is 1.59. The van der Waals surface area contributed by atoms with Crippen LogP contribution in [0.3, 0.4) is 0 Å². The van der Waals surface area contributed by atoms with Gasteiger partial charge >= 0.3 is 0 Å². The lowest BCUT2D eigenvalue weighted by Gasteiger charge is -1.93. The highest BCUT2D eigenvalue weighted by Crippen LogP contribution is 2.16. The minimum absolute atomic E-state index is 0.0592. The lowest BCUT2D eigenvalue weighted by molar-refractivity contribution is 0.445. The van der Waals surface area contributed by atoms with Gasteiger partial charge in [-0.3, -0.25) is 0 Å². The topological polar surface area (TPSA) is 0 Å².